The van der Waals surface area contributed by atoms with Gasteiger partial charge in [-0.15, -0.1) is 6.58 Å². The van der Waals surface area contributed by atoms with Crippen molar-refractivity contribution >= 4 is 18.5 Å². The van der Waals surface area contributed by atoms with E-state index in [9.17, 15) is 9.59 Å². The number of rotatable bonds is 8. The van der Waals surface area contributed by atoms with Crippen molar-refractivity contribution in [1.82, 2.24) is 5.32 Å². The highest BCUT2D eigenvalue weighted by atomic mass is 16.2. The molecule has 0 heterocycles. The molecule has 21 heavy (non-hydrogen) atoms. The molecule has 1 aromatic rings. The first-order valence-corrected chi connectivity index (χ1v) is 6.63. The molecule has 0 saturated carbocycles. The molecule has 0 aliphatic rings. The predicted molar refractivity (Wildman–Crippen MR) is 84.1 cm³/mol. The van der Waals surface area contributed by atoms with E-state index >= 15 is 0 Å². The number of hydrogen-bond acceptors (Lipinski definition) is 3. The number of aliphatic imine (C=N–C) groups is 1. The van der Waals surface area contributed by atoms with Crippen LogP contribution in [-0.2, 0) is 11.2 Å². The number of amides is 2. The van der Waals surface area contributed by atoms with Crippen LogP contribution in [0.3, 0.4) is 0 Å². The Morgan fingerprint density at radius 2 is 2.00 bits per heavy atom. The van der Waals surface area contributed by atoms with Gasteiger partial charge in [-0.05, 0) is 37.3 Å². The molecule has 0 aliphatic heterocycles. The molecule has 0 radical (unpaired) electrons. The number of benzene rings is 1. The zero-order valence-electron chi connectivity index (χ0n) is 12.3. The summed E-state index contributed by atoms with van der Waals surface area (Å²) in [6, 6.07) is 6.94. The fourth-order valence-electron chi connectivity index (χ4n) is 2.14. The number of nitrogens with zero attached hydrogens (tertiary/aromatic N) is 1. The summed E-state index contributed by atoms with van der Waals surface area (Å²) < 4.78 is 0. The van der Waals surface area contributed by atoms with Crippen LogP contribution in [0.25, 0.3) is 0 Å². The van der Waals surface area contributed by atoms with Gasteiger partial charge >= 0.3 is 0 Å². The summed E-state index contributed by atoms with van der Waals surface area (Å²) in [5, 5.41) is 2.72. The quantitative estimate of drug-likeness (QED) is 0.563. The van der Waals surface area contributed by atoms with Gasteiger partial charge in [-0.1, -0.05) is 25.1 Å². The Bertz CT molecular complexity index is 537. The maximum absolute atomic E-state index is 12.3. The molecule has 0 fully saturated rings. The smallest absolute Gasteiger partial charge is 0.248 e. The molecule has 3 N–H and O–H groups in total. The van der Waals surface area contributed by atoms with Gasteiger partial charge in [-0.25, -0.2) is 0 Å². The molecule has 1 atom stereocenters. The molecule has 0 aromatic heterocycles. The summed E-state index contributed by atoms with van der Waals surface area (Å²) in [6.45, 7) is 9.11. The molecule has 2 amide bonds. The van der Waals surface area contributed by atoms with E-state index in [0.717, 1.165) is 5.56 Å². The van der Waals surface area contributed by atoms with Crippen LogP contribution in [0.4, 0.5) is 0 Å². The van der Waals surface area contributed by atoms with Gasteiger partial charge in [-0.2, -0.15) is 0 Å². The second-order valence-electron chi connectivity index (χ2n) is 5.18. The molecule has 5 nitrogen and oxygen atoms in total. The van der Waals surface area contributed by atoms with Crippen molar-refractivity contribution in [2.45, 2.75) is 19.8 Å². The normalized spacial score (nSPS) is 13.0. The van der Waals surface area contributed by atoms with Gasteiger partial charge in [-0.3, -0.25) is 14.6 Å². The van der Waals surface area contributed by atoms with Crippen molar-refractivity contribution in [2.24, 2.45) is 16.1 Å². The third kappa shape index (κ3) is 4.56. The van der Waals surface area contributed by atoms with Crippen LogP contribution in [0.5, 0.6) is 0 Å². The van der Waals surface area contributed by atoms with Crippen LogP contribution < -0.4 is 11.1 Å². The summed E-state index contributed by atoms with van der Waals surface area (Å²) >= 11 is 0. The zero-order chi connectivity index (χ0) is 15.9. The van der Waals surface area contributed by atoms with Crippen molar-refractivity contribution in [3.8, 4) is 0 Å². The van der Waals surface area contributed by atoms with Crippen molar-refractivity contribution in [1.29, 1.82) is 0 Å². The first-order valence-electron chi connectivity index (χ1n) is 6.63. The average Bonchev–Trinajstić information content (AvgIpc) is 2.45. The maximum atomic E-state index is 12.3. The Balaban J connectivity index is 2.90. The highest BCUT2D eigenvalue weighted by Gasteiger charge is 2.31. The van der Waals surface area contributed by atoms with Gasteiger partial charge in [0, 0.05) is 5.56 Å². The minimum absolute atomic E-state index is 0.103. The Kier molecular flexibility index (Phi) is 5.84. The summed E-state index contributed by atoms with van der Waals surface area (Å²) in [4.78, 5) is 27.0. The highest BCUT2D eigenvalue weighted by molar-refractivity contribution is 5.92. The predicted octanol–water partition coefficient (Wildman–Crippen LogP) is 1.68. The lowest BCUT2D eigenvalue weighted by Crippen LogP contribution is -2.40. The summed E-state index contributed by atoms with van der Waals surface area (Å²) in [6.07, 6.45) is 2.79. The van der Waals surface area contributed by atoms with E-state index in [0.29, 0.717) is 18.4 Å². The van der Waals surface area contributed by atoms with E-state index in [4.69, 9.17) is 5.73 Å². The zero-order valence-corrected chi connectivity index (χ0v) is 12.3. The van der Waals surface area contributed by atoms with E-state index in [1.807, 2.05) is 6.92 Å². The van der Waals surface area contributed by atoms with E-state index in [-0.39, 0.29) is 12.6 Å². The maximum Gasteiger partial charge on any atom is 0.248 e. The van der Waals surface area contributed by atoms with Gasteiger partial charge in [0.2, 0.25) is 11.8 Å². The van der Waals surface area contributed by atoms with Gasteiger partial charge in [0.25, 0.3) is 0 Å². The number of nitrogens with two attached hydrogens (primary N) is 1. The topological polar surface area (TPSA) is 84.5 Å². The average molecular weight is 287 g/mol. The molecular weight excluding hydrogens is 266 g/mol. The molecule has 1 aromatic carbocycles. The monoisotopic (exact) mass is 287 g/mol. The molecule has 1 rings (SSSR count). The van der Waals surface area contributed by atoms with Crippen LogP contribution in [0.15, 0.2) is 41.9 Å². The van der Waals surface area contributed by atoms with Crippen LogP contribution in [0, 0.1) is 5.41 Å². The first-order chi connectivity index (χ1) is 9.92. The van der Waals surface area contributed by atoms with Gasteiger partial charge in [0.05, 0.1) is 5.41 Å². The third-order valence-corrected chi connectivity index (χ3v) is 3.33. The second kappa shape index (κ2) is 7.38. The van der Waals surface area contributed by atoms with E-state index in [1.54, 1.807) is 30.3 Å². The molecule has 0 spiro atoms. The Labute approximate surface area is 124 Å². The van der Waals surface area contributed by atoms with Gasteiger partial charge in [0.1, 0.15) is 6.67 Å². The molecule has 0 aliphatic carbocycles. The fraction of sp³-hybridized carbons (Fsp3) is 0.312. The van der Waals surface area contributed by atoms with E-state index < -0.39 is 11.3 Å². The Hall–Kier alpha value is -2.43. The van der Waals surface area contributed by atoms with Crippen LogP contribution in [-0.4, -0.2) is 25.2 Å². The molecule has 0 bridgehead atoms. The lowest BCUT2D eigenvalue weighted by Gasteiger charge is -2.27. The SMILES string of the molecule is C=CCC(C)(Cc1ccc(C(N)=O)cc1)C(=O)NCN=C. The number of carbonyl (C=O) groups excluding carboxylic acids is 2. The van der Waals surface area contributed by atoms with Crippen molar-refractivity contribution < 1.29 is 9.59 Å². The first kappa shape index (κ1) is 16.6. The lowest BCUT2D eigenvalue weighted by atomic mass is 9.79. The minimum atomic E-state index is -0.624. The van der Waals surface area contributed by atoms with Crippen molar-refractivity contribution in [2.75, 3.05) is 6.67 Å². The molecule has 112 valence electrons. The molecular formula is C16H21N3O2. The summed E-state index contributed by atoms with van der Waals surface area (Å²) in [5.74, 6) is -0.570. The molecule has 1 unspecified atom stereocenters. The van der Waals surface area contributed by atoms with Gasteiger partial charge < -0.3 is 11.1 Å². The highest BCUT2D eigenvalue weighted by Crippen LogP contribution is 2.27. The fourth-order valence-corrected chi connectivity index (χ4v) is 2.14. The van der Waals surface area contributed by atoms with Crippen LogP contribution >= 0.6 is 0 Å². The van der Waals surface area contributed by atoms with E-state index in [1.165, 1.54) is 0 Å². The standard InChI is InChI=1S/C16H21N3O2/c1-4-9-16(2,15(21)19-11-18-3)10-12-5-7-13(8-6-12)14(17)20/h4-8H,1,3,9-11H2,2H3,(H2,17,20)(H,19,21). The number of allylic oxidation sites excluding steroid dienone is 1. The summed E-state index contributed by atoms with van der Waals surface area (Å²) in [7, 11) is 0. The lowest BCUT2D eigenvalue weighted by molar-refractivity contribution is -0.130. The Morgan fingerprint density at radius 3 is 2.48 bits per heavy atom. The van der Waals surface area contributed by atoms with Crippen molar-refractivity contribution in [3.05, 3.63) is 48.0 Å². The second-order valence-corrected chi connectivity index (χ2v) is 5.18. The minimum Gasteiger partial charge on any atom is -0.366 e. The Morgan fingerprint density at radius 1 is 1.38 bits per heavy atom. The molecule has 5 heteroatoms. The van der Waals surface area contributed by atoms with Crippen LogP contribution in [0.2, 0.25) is 0 Å². The van der Waals surface area contributed by atoms with Gasteiger partial charge in [0.15, 0.2) is 0 Å². The van der Waals surface area contributed by atoms with Crippen molar-refractivity contribution in [3.63, 3.8) is 0 Å². The number of carbonyl (C=O) groups is 2. The molecule has 0 saturated heterocycles. The number of nitrogens with one attached hydrogen (secondary N) is 1. The van der Waals surface area contributed by atoms with Crippen LogP contribution in [0.1, 0.15) is 29.3 Å². The number of primary amides is 1. The third-order valence-electron chi connectivity index (χ3n) is 3.33. The number of hydrogen-bond donors (Lipinski definition) is 2. The van der Waals surface area contributed by atoms with E-state index in [2.05, 4.69) is 23.6 Å². The largest absolute Gasteiger partial charge is 0.366 e. The summed E-state index contributed by atoms with van der Waals surface area (Å²) in [5.41, 5.74) is 5.98.